The van der Waals surface area contributed by atoms with Crippen LogP contribution in [0.4, 0.5) is 0 Å². The van der Waals surface area contributed by atoms with Crippen LogP contribution in [0, 0.1) is 20.8 Å². The van der Waals surface area contributed by atoms with Gasteiger partial charge in [-0.25, -0.2) is 0 Å². The van der Waals surface area contributed by atoms with Crippen molar-refractivity contribution in [1.29, 1.82) is 0 Å². The van der Waals surface area contributed by atoms with E-state index in [0.717, 1.165) is 24.2 Å². The molecule has 4 nitrogen and oxygen atoms in total. The minimum atomic E-state index is -0.0826. The quantitative estimate of drug-likeness (QED) is 0.825. The van der Waals surface area contributed by atoms with Crippen LogP contribution in [0.5, 0.6) is 0 Å². The number of aryl methyl sites for hydroxylation is 2. The van der Waals surface area contributed by atoms with E-state index < -0.39 is 0 Å². The van der Waals surface area contributed by atoms with Gasteiger partial charge in [0.1, 0.15) is 11.5 Å². The minimum absolute atomic E-state index is 0.0431. The fourth-order valence-electron chi connectivity index (χ4n) is 1.98. The van der Waals surface area contributed by atoms with Crippen molar-refractivity contribution in [2.45, 2.75) is 46.6 Å². The average Bonchev–Trinajstić information content (AvgIpc) is 2.52. The van der Waals surface area contributed by atoms with E-state index in [9.17, 15) is 4.79 Å². The fourth-order valence-corrected chi connectivity index (χ4v) is 1.98. The molecular weight excluding hydrogens is 216 g/mol. The lowest BCUT2D eigenvalue weighted by atomic mass is 10.1. The highest BCUT2D eigenvalue weighted by Gasteiger charge is 2.20. The second-order valence-electron chi connectivity index (χ2n) is 4.41. The van der Waals surface area contributed by atoms with E-state index in [1.165, 1.54) is 0 Å². The Hall–Kier alpha value is -1.29. The number of carbonyl (C=O) groups excluding carboxylic acids is 1. The molecule has 1 aromatic rings. The summed E-state index contributed by atoms with van der Waals surface area (Å²) in [6.45, 7) is 8.12. The SMILES string of the molecule is CCCC(CN)NC(=O)c1c(C)oc(C)c1C. The lowest BCUT2D eigenvalue weighted by Gasteiger charge is -2.15. The van der Waals surface area contributed by atoms with E-state index >= 15 is 0 Å². The van der Waals surface area contributed by atoms with Crippen molar-refractivity contribution in [3.63, 3.8) is 0 Å². The zero-order valence-corrected chi connectivity index (χ0v) is 11.1. The Morgan fingerprint density at radius 2 is 2.00 bits per heavy atom. The number of hydrogen-bond donors (Lipinski definition) is 2. The Balaban J connectivity index is 2.82. The predicted molar refractivity (Wildman–Crippen MR) is 68.1 cm³/mol. The van der Waals surface area contributed by atoms with Gasteiger partial charge < -0.3 is 15.5 Å². The van der Waals surface area contributed by atoms with E-state index in [4.69, 9.17) is 10.2 Å². The summed E-state index contributed by atoms with van der Waals surface area (Å²) < 4.78 is 5.45. The molecular formula is C13H22N2O2. The Morgan fingerprint density at radius 1 is 1.35 bits per heavy atom. The number of carbonyl (C=O) groups is 1. The maximum atomic E-state index is 12.1. The Morgan fingerprint density at radius 3 is 2.41 bits per heavy atom. The molecule has 0 aliphatic rings. The van der Waals surface area contributed by atoms with Gasteiger partial charge >= 0.3 is 0 Å². The standard InChI is InChI=1S/C13H22N2O2/c1-5-6-11(7-14)15-13(16)12-8(2)9(3)17-10(12)4/h11H,5-7,14H2,1-4H3,(H,15,16). The summed E-state index contributed by atoms with van der Waals surface area (Å²) in [6.07, 6.45) is 1.90. The molecule has 0 saturated carbocycles. The van der Waals surface area contributed by atoms with Crippen LogP contribution in [0.1, 0.15) is 47.2 Å². The van der Waals surface area contributed by atoms with Crippen LogP contribution >= 0.6 is 0 Å². The zero-order valence-electron chi connectivity index (χ0n) is 11.1. The summed E-state index contributed by atoms with van der Waals surface area (Å²) in [4.78, 5) is 12.1. The van der Waals surface area contributed by atoms with Crippen LogP contribution < -0.4 is 11.1 Å². The second-order valence-corrected chi connectivity index (χ2v) is 4.41. The summed E-state index contributed by atoms with van der Waals surface area (Å²) in [6, 6.07) is 0.0431. The molecule has 1 amide bonds. The normalized spacial score (nSPS) is 12.5. The third-order valence-electron chi connectivity index (χ3n) is 3.05. The van der Waals surface area contributed by atoms with Crippen LogP contribution in [0.25, 0.3) is 0 Å². The number of hydrogen-bond acceptors (Lipinski definition) is 3. The molecule has 0 aliphatic carbocycles. The van der Waals surface area contributed by atoms with Crippen molar-refractivity contribution in [1.82, 2.24) is 5.32 Å². The van der Waals surface area contributed by atoms with E-state index in [0.29, 0.717) is 17.9 Å². The predicted octanol–water partition coefficient (Wildman–Crippen LogP) is 2.06. The van der Waals surface area contributed by atoms with E-state index in [1.807, 2.05) is 20.8 Å². The van der Waals surface area contributed by atoms with Gasteiger partial charge in [0.05, 0.1) is 5.56 Å². The smallest absolute Gasteiger partial charge is 0.255 e. The summed E-state index contributed by atoms with van der Waals surface area (Å²) in [5.41, 5.74) is 7.19. The Labute approximate surface area is 103 Å². The first-order chi connectivity index (χ1) is 8.01. The van der Waals surface area contributed by atoms with E-state index in [1.54, 1.807) is 0 Å². The summed E-state index contributed by atoms with van der Waals surface area (Å²) in [7, 11) is 0. The molecule has 0 bridgehead atoms. The van der Waals surface area contributed by atoms with Gasteiger partial charge in [0, 0.05) is 18.2 Å². The van der Waals surface area contributed by atoms with Crippen molar-refractivity contribution < 1.29 is 9.21 Å². The molecule has 1 unspecified atom stereocenters. The largest absolute Gasteiger partial charge is 0.466 e. The van der Waals surface area contributed by atoms with Gasteiger partial charge in [0.25, 0.3) is 5.91 Å². The summed E-state index contributed by atoms with van der Waals surface area (Å²) in [5, 5.41) is 2.95. The lowest BCUT2D eigenvalue weighted by molar-refractivity contribution is 0.0934. The Bertz CT molecular complexity index is 396. The lowest BCUT2D eigenvalue weighted by Crippen LogP contribution is -2.40. The maximum Gasteiger partial charge on any atom is 0.255 e. The van der Waals surface area contributed by atoms with Gasteiger partial charge in [-0.1, -0.05) is 13.3 Å². The number of rotatable bonds is 5. The van der Waals surface area contributed by atoms with Gasteiger partial charge in [0.2, 0.25) is 0 Å². The van der Waals surface area contributed by atoms with Crippen molar-refractivity contribution in [3.8, 4) is 0 Å². The first-order valence-electron chi connectivity index (χ1n) is 6.08. The minimum Gasteiger partial charge on any atom is -0.466 e. The van der Waals surface area contributed by atoms with Crippen LogP contribution in [-0.4, -0.2) is 18.5 Å². The first-order valence-corrected chi connectivity index (χ1v) is 6.08. The van der Waals surface area contributed by atoms with Gasteiger partial charge in [-0.05, 0) is 27.2 Å². The molecule has 3 N–H and O–H groups in total. The average molecular weight is 238 g/mol. The summed E-state index contributed by atoms with van der Waals surface area (Å²) in [5.74, 6) is 1.39. The van der Waals surface area contributed by atoms with Gasteiger partial charge in [0.15, 0.2) is 0 Å². The maximum absolute atomic E-state index is 12.1. The topological polar surface area (TPSA) is 68.3 Å². The van der Waals surface area contributed by atoms with Crippen molar-refractivity contribution in [2.75, 3.05) is 6.54 Å². The number of furan rings is 1. The van der Waals surface area contributed by atoms with Crippen LogP contribution in [0.2, 0.25) is 0 Å². The molecule has 0 fully saturated rings. The highest BCUT2D eigenvalue weighted by Crippen LogP contribution is 2.20. The van der Waals surface area contributed by atoms with E-state index in [2.05, 4.69) is 12.2 Å². The number of amides is 1. The van der Waals surface area contributed by atoms with Crippen molar-refractivity contribution >= 4 is 5.91 Å². The van der Waals surface area contributed by atoms with Gasteiger partial charge in [-0.2, -0.15) is 0 Å². The molecule has 1 atom stereocenters. The highest BCUT2D eigenvalue weighted by molar-refractivity contribution is 5.97. The fraction of sp³-hybridized carbons (Fsp3) is 0.615. The second kappa shape index (κ2) is 5.87. The number of nitrogens with two attached hydrogens (primary N) is 1. The molecule has 1 aromatic heterocycles. The molecule has 96 valence electrons. The zero-order chi connectivity index (χ0) is 13.0. The molecule has 0 radical (unpaired) electrons. The van der Waals surface area contributed by atoms with Crippen LogP contribution in [0.15, 0.2) is 4.42 Å². The monoisotopic (exact) mass is 238 g/mol. The molecule has 1 heterocycles. The van der Waals surface area contributed by atoms with Crippen molar-refractivity contribution in [2.24, 2.45) is 5.73 Å². The third kappa shape index (κ3) is 3.09. The molecule has 0 aliphatic heterocycles. The van der Waals surface area contributed by atoms with Crippen LogP contribution in [-0.2, 0) is 0 Å². The Kier molecular flexibility index (Phi) is 4.75. The third-order valence-corrected chi connectivity index (χ3v) is 3.05. The first kappa shape index (κ1) is 13.8. The molecule has 0 spiro atoms. The highest BCUT2D eigenvalue weighted by atomic mass is 16.3. The molecule has 0 saturated heterocycles. The summed E-state index contributed by atoms with van der Waals surface area (Å²) >= 11 is 0. The van der Waals surface area contributed by atoms with Gasteiger partial charge in [-0.15, -0.1) is 0 Å². The van der Waals surface area contributed by atoms with Crippen LogP contribution in [0.3, 0.4) is 0 Å². The molecule has 4 heteroatoms. The molecule has 0 aromatic carbocycles. The number of nitrogens with one attached hydrogen (secondary N) is 1. The molecule has 1 rings (SSSR count). The van der Waals surface area contributed by atoms with Crippen molar-refractivity contribution in [3.05, 3.63) is 22.6 Å². The van der Waals surface area contributed by atoms with Gasteiger partial charge in [-0.3, -0.25) is 4.79 Å². The van der Waals surface area contributed by atoms with E-state index in [-0.39, 0.29) is 11.9 Å². The molecule has 17 heavy (non-hydrogen) atoms.